The van der Waals surface area contributed by atoms with Crippen LogP contribution in [0.15, 0.2) is 18.2 Å². The summed E-state index contributed by atoms with van der Waals surface area (Å²) in [5, 5.41) is 13.0. The number of aryl methyl sites for hydroxylation is 1. The normalized spacial score (nSPS) is 10.6. The van der Waals surface area contributed by atoms with Crippen molar-refractivity contribution >= 4 is 29.2 Å². The number of benzene rings is 1. The first kappa shape index (κ1) is 22.5. The molecular weight excluding hydrogens is 401 g/mol. The number of nitro groups is 1. The molecule has 2 aromatic rings. The van der Waals surface area contributed by atoms with Crippen LogP contribution in [0.3, 0.4) is 0 Å². The molecule has 0 aliphatic carbocycles. The first-order chi connectivity index (χ1) is 14.0. The number of halogens is 1. The number of anilines is 1. The molecule has 1 heterocycles. The molecule has 0 aliphatic heterocycles. The summed E-state index contributed by atoms with van der Waals surface area (Å²) in [5.74, 6) is -3.30. The molecule has 11 heteroatoms. The standard InChI is InChI=1S/C19H20FN3O7/c1-9(2)30-18(25)16-10(3)17(21-11(16)4)19(26)29-8-15(24)22-12-5-6-13(20)14(7-12)23(27)28/h5-7,9,21H,8H2,1-4H3,(H,22,24). The molecule has 30 heavy (non-hydrogen) atoms. The number of carbonyl (C=O) groups is 3. The molecule has 0 atom stereocenters. The summed E-state index contributed by atoms with van der Waals surface area (Å²) in [5.41, 5.74) is 0.0934. The van der Waals surface area contributed by atoms with E-state index in [1.165, 1.54) is 6.92 Å². The number of nitrogens with zero attached hydrogens (tertiary/aromatic N) is 1. The van der Waals surface area contributed by atoms with Gasteiger partial charge in [0.05, 0.1) is 16.6 Å². The van der Waals surface area contributed by atoms with Crippen LogP contribution < -0.4 is 5.32 Å². The topological polar surface area (TPSA) is 141 Å². The van der Waals surface area contributed by atoms with Gasteiger partial charge in [-0.15, -0.1) is 0 Å². The summed E-state index contributed by atoms with van der Waals surface area (Å²) in [6.45, 7) is 5.81. The lowest BCUT2D eigenvalue weighted by Crippen LogP contribution is -2.21. The average molecular weight is 421 g/mol. The van der Waals surface area contributed by atoms with Crippen LogP contribution in [0.4, 0.5) is 15.8 Å². The van der Waals surface area contributed by atoms with E-state index in [0.29, 0.717) is 11.3 Å². The predicted octanol–water partition coefficient (Wildman–Crippen LogP) is 3.04. The minimum absolute atomic E-state index is 0.00609. The van der Waals surface area contributed by atoms with Crippen LogP contribution in [0, 0.1) is 29.8 Å². The van der Waals surface area contributed by atoms with Crippen molar-refractivity contribution in [3.63, 3.8) is 0 Å². The summed E-state index contributed by atoms with van der Waals surface area (Å²) >= 11 is 0. The number of hydrogen-bond acceptors (Lipinski definition) is 7. The molecule has 0 bridgehead atoms. The molecule has 160 valence electrons. The van der Waals surface area contributed by atoms with Gasteiger partial charge in [0.1, 0.15) is 5.69 Å². The number of aromatic nitrogens is 1. The first-order valence-corrected chi connectivity index (χ1v) is 8.82. The summed E-state index contributed by atoms with van der Waals surface area (Å²) < 4.78 is 23.4. The first-order valence-electron chi connectivity index (χ1n) is 8.82. The maximum absolute atomic E-state index is 13.3. The van der Waals surface area contributed by atoms with Crippen molar-refractivity contribution in [2.75, 3.05) is 11.9 Å². The minimum atomic E-state index is -1.05. The number of esters is 2. The number of hydrogen-bond donors (Lipinski definition) is 2. The Kier molecular flexibility index (Phi) is 6.88. The number of nitro benzene ring substituents is 1. The summed E-state index contributed by atoms with van der Waals surface area (Å²) in [4.78, 5) is 49.0. The Morgan fingerprint density at radius 1 is 1.23 bits per heavy atom. The molecule has 2 rings (SSSR count). The van der Waals surface area contributed by atoms with Gasteiger partial charge in [0.25, 0.3) is 5.91 Å². The minimum Gasteiger partial charge on any atom is -0.459 e. The highest BCUT2D eigenvalue weighted by atomic mass is 19.1. The van der Waals surface area contributed by atoms with Crippen LogP contribution in [0.5, 0.6) is 0 Å². The van der Waals surface area contributed by atoms with Gasteiger partial charge in [0.2, 0.25) is 5.82 Å². The fourth-order valence-corrected chi connectivity index (χ4v) is 2.66. The zero-order chi connectivity index (χ0) is 22.6. The molecule has 1 aromatic heterocycles. The third-order valence-corrected chi connectivity index (χ3v) is 3.95. The van der Waals surface area contributed by atoms with Crippen molar-refractivity contribution in [3.05, 3.63) is 56.6 Å². The molecule has 10 nitrogen and oxygen atoms in total. The van der Waals surface area contributed by atoms with E-state index >= 15 is 0 Å². The van der Waals surface area contributed by atoms with E-state index in [1.807, 2.05) is 0 Å². The van der Waals surface area contributed by atoms with Crippen LogP contribution in [0.1, 0.15) is 46.0 Å². The van der Waals surface area contributed by atoms with Crippen molar-refractivity contribution in [1.29, 1.82) is 0 Å². The maximum atomic E-state index is 13.3. The molecule has 0 fully saturated rings. The summed E-state index contributed by atoms with van der Waals surface area (Å²) in [6.07, 6.45) is -0.340. The SMILES string of the molecule is Cc1[nH]c(C(=O)OCC(=O)Nc2ccc(F)c([N+](=O)[O-])c2)c(C)c1C(=O)OC(C)C. The third kappa shape index (κ3) is 5.19. The van der Waals surface area contributed by atoms with Crippen LogP contribution >= 0.6 is 0 Å². The van der Waals surface area contributed by atoms with Gasteiger partial charge >= 0.3 is 17.6 Å². The molecule has 0 spiro atoms. The number of carbonyl (C=O) groups excluding carboxylic acids is 3. The Hall–Kier alpha value is -3.76. The highest BCUT2D eigenvalue weighted by Crippen LogP contribution is 2.22. The second-order valence-corrected chi connectivity index (χ2v) is 6.63. The van der Waals surface area contributed by atoms with Gasteiger partial charge in [-0.05, 0) is 45.4 Å². The summed E-state index contributed by atoms with van der Waals surface area (Å²) in [6, 6.07) is 2.82. The maximum Gasteiger partial charge on any atom is 0.355 e. The highest BCUT2D eigenvalue weighted by molar-refractivity contribution is 6.00. The molecule has 0 aliphatic rings. The third-order valence-electron chi connectivity index (χ3n) is 3.95. The number of ether oxygens (including phenoxy) is 2. The smallest absolute Gasteiger partial charge is 0.355 e. The lowest BCUT2D eigenvalue weighted by Gasteiger charge is -2.08. The Morgan fingerprint density at radius 2 is 1.90 bits per heavy atom. The van der Waals surface area contributed by atoms with Crippen molar-refractivity contribution in [2.24, 2.45) is 0 Å². The molecule has 0 saturated heterocycles. The van der Waals surface area contributed by atoms with Crippen molar-refractivity contribution in [2.45, 2.75) is 33.8 Å². The number of rotatable bonds is 7. The van der Waals surface area contributed by atoms with Gasteiger partial charge in [-0.1, -0.05) is 0 Å². The van der Waals surface area contributed by atoms with Gasteiger partial charge in [0.15, 0.2) is 6.61 Å². The highest BCUT2D eigenvalue weighted by Gasteiger charge is 2.25. The molecule has 2 N–H and O–H groups in total. The average Bonchev–Trinajstić information content (AvgIpc) is 2.95. The van der Waals surface area contributed by atoms with E-state index in [4.69, 9.17) is 9.47 Å². The molecule has 0 unspecified atom stereocenters. The number of amides is 1. The monoisotopic (exact) mass is 421 g/mol. The van der Waals surface area contributed by atoms with Crippen LogP contribution in [0.2, 0.25) is 0 Å². The quantitative estimate of drug-likeness (QED) is 0.398. The zero-order valence-electron chi connectivity index (χ0n) is 16.7. The lowest BCUT2D eigenvalue weighted by molar-refractivity contribution is -0.387. The number of H-pyrrole nitrogens is 1. The molecule has 1 amide bonds. The van der Waals surface area contributed by atoms with E-state index in [9.17, 15) is 28.9 Å². The molecular formula is C19H20FN3O7. The van der Waals surface area contributed by atoms with Crippen LogP contribution in [-0.4, -0.2) is 40.5 Å². The van der Waals surface area contributed by atoms with Gasteiger partial charge in [0, 0.05) is 17.4 Å². The largest absolute Gasteiger partial charge is 0.459 e. The van der Waals surface area contributed by atoms with Gasteiger partial charge in [-0.2, -0.15) is 4.39 Å². The van der Waals surface area contributed by atoms with E-state index in [-0.39, 0.29) is 23.0 Å². The second-order valence-electron chi connectivity index (χ2n) is 6.63. The van der Waals surface area contributed by atoms with E-state index in [2.05, 4.69) is 10.3 Å². The van der Waals surface area contributed by atoms with Gasteiger partial charge in [-0.3, -0.25) is 14.9 Å². The summed E-state index contributed by atoms with van der Waals surface area (Å²) in [7, 11) is 0. The Bertz CT molecular complexity index is 1010. The Balaban J connectivity index is 2.04. The second kappa shape index (κ2) is 9.16. The van der Waals surface area contributed by atoms with Crippen LogP contribution in [-0.2, 0) is 14.3 Å². The van der Waals surface area contributed by atoms with E-state index in [1.54, 1.807) is 20.8 Å². The van der Waals surface area contributed by atoms with Gasteiger partial charge in [-0.25, -0.2) is 9.59 Å². The lowest BCUT2D eigenvalue weighted by atomic mass is 10.1. The fraction of sp³-hybridized carbons (Fsp3) is 0.316. The van der Waals surface area contributed by atoms with Gasteiger partial charge < -0.3 is 19.8 Å². The molecule has 0 radical (unpaired) electrons. The van der Waals surface area contributed by atoms with Crippen molar-refractivity contribution in [1.82, 2.24) is 4.98 Å². The van der Waals surface area contributed by atoms with E-state index in [0.717, 1.165) is 18.2 Å². The Morgan fingerprint density at radius 3 is 2.50 bits per heavy atom. The zero-order valence-corrected chi connectivity index (χ0v) is 16.7. The number of nitrogens with one attached hydrogen (secondary N) is 2. The Labute approximate surface area is 170 Å². The van der Waals surface area contributed by atoms with Crippen molar-refractivity contribution < 1.29 is 33.2 Å². The molecule has 0 saturated carbocycles. The predicted molar refractivity (Wildman–Crippen MR) is 103 cm³/mol. The molecule has 1 aromatic carbocycles. The van der Waals surface area contributed by atoms with E-state index < -0.39 is 40.9 Å². The fourth-order valence-electron chi connectivity index (χ4n) is 2.66. The van der Waals surface area contributed by atoms with Crippen LogP contribution in [0.25, 0.3) is 0 Å². The van der Waals surface area contributed by atoms with Crippen molar-refractivity contribution in [3.8, 4) is 0 Å². The number of aromatic amines is 1.